The molecule has 2 aliphatic rings. The second-order valence-electron chi connectivity index (χ2n) is 5.36. The number of nitrogens with two attached hydrogens (primary N) is 1. The maximum atomic E-state index is 13.6. The molecule has 2 N–H and O–H groups in total. The van der Waals surface area contributed by atoms with Gasteiger partial charge in [0.2, 0.25) is 0 Å². The minimum atomic E-state index is -0.562. The average Bonchev–Trinajstić information content (AvgIpc) is 2.94. The molecule has 0 spiro atoms. The van der Waals surface area contributed by atoms with Gasteiger partial charge in [0.1, 0.15) is 6.07 Å². The van der Waals surface area contributed by atoms with E-state index in [0.29, 0.717) is 12.5 Å². The molecule has 0 saturated carbocycles. The van der Waals surface area contributed by atoms with E-state index in [0.717, 1.165) is 43.0 Å². The summed E-state index contributed by atoms with van der Waals surface area (Å²) in [7, 11) is 0. The number of aliphatic imine (C=N–C) groups is 1. The Kier molecular flexibility index (Phi) is 3.57. The molecule has 0 amide bonds. The highest BCUT2D eigenvalue weighted by Crippen LogP contribution is 2.26. The largest absolute Gasteiger partial charge is 0.400 e. The summed E-state index contributed by atoms with van der Waals surface area (Å²) < 4.78 is 13.6. The quantitative estimate of drug-likeness (QED) is 0.895. The lowest BCUT2D eigenvalue weighted by Crippen LogP contribution is -2.36. The number of piperidine rings is 1. The van der Waals surface area contributed by atoms with Crippen LogP contribution in [0.3, 0.4) is 0 Å². The van der Waals surface area contributed by atoms with E-state index >= 15 is 0 Å². The minimum Gasteiger partial charge on any atom is -0.400 e. The van der Waals surface area contributed by atoms with Crippen molar-refractivity contribution in [3.63, 3.8) is 0 Å². The molecule has 1 fully saturated rings. The van der Waals surface area contributed by atoms with Gasteiger partial charge in [0, 0.05) is 36.5 Å². The van der Waals surface area contributed by atoms with Gasteiger partial charge >= 0.3 is 0 Å². The SMILES string of the molecule is N#Cc1ncc(N2CCC(C3=NCC(N)=C3)CC2)cc1F. The predicted octanol–water partition coefficient (Wildman–Crippen LogP) is 1.61. The molecular weight excluding hydrogens is 269 g/mol. The highest BCUT2D eigenvalue weighted by molar-refractivity contribution is 5.99. The molecular formula is C15H16FN5. The van der Waals surface area contributed by atoms with Crippen molar-refractivity contribution in [2.75, 3.05) is 24.5 Å². The van der Waals surface area contributed by atoms with Crippen LogP contribution in [0.5, 0.6) is 0 Å². The third-order valence-corrected chi connectivity index (χ3v) is 3.99. The summed E-state index contributed by atoms with van der Waals surface area (Å²) in [4.78, 5) is 10.4. The average molecular weight is 285 g/mol. The van der Waals surface area contributed by atoms with Crippen LogP contribution >= 0.6 is 0 Å². The van der Waals surface area contributed by atoms with Crippen LogP contribution < -0.4 is 10.6 Å². The molecule has 6 heteroatoms. The molecule has 2 aliphatic heterocycles. The zero-order chi connectivity index (χ0) is 14.8. The molecule has 0 unspecified atom stereocenters. The van der Waals surface area contributed by atoms with E-state index in [4.69, 9.17) is 11.0 Å². The van der Waals surface area contributed by atoms with Crippen molar-refractivity contribution in [1.82, 2.24) is 4.98 Å². The Morgan fingerprint density at radius 1 is 1.38 bits per heavy atom. The first kappa shape index (κ1) is 13.6. The summed E-state index contributed by atoms with van der Waals surface area (Å²) in [6, 6.07) is 3.12. The van der Waals surface area contributed by atoms with Crippen molar-refractivity contribution in [2.45, 2.75) is 12.8 Å². The van der Waals surface area contributed by atoms with Crippen molar-refractivity contribution in [1.29, 1.82) is 5.26 Å². The van der Waals surface area contributed by atoms with Gasteiger partial charge < -0.3 is 10.6 Å². The zero-order valence-corrected chi connectivity index (χ0v) is 11.6. The van der Waals surface area contributed by atoms with Crippen LogP contribution in [-0.2, 0) is 0 Å². The predicted molar refractivity (Wildman–Crippen MR) is 78.4 cm³/mol. The van der Waals surface area contributed by atoms with E-state index in [1.807, 2.05) is 6.08 Å². The maximum absolute atomic E-state index is 13.6. The Morgan fingerprint density at radius 3 is 2.71 bits per heavy atom. The number of nitriles is 1. The lowest BCUT2D eigenvalue weighted by atomic mass is 9.91. The molecule has 1 aromatic rings. The molecule has 0 aliphatic carbocycles. The molecule has 3 rings (SSSR count). The Bertz CT molecular complexity index is 651. The fourth-order valence-electron chi connectivity index (χ4n) is 2.83. The number of rotatable bonds is 2. The van der Waals surface area contributed by atoms with Crippen LogP contribution in [0.1, 0.15) is 18.5 Å². The molecule has 0 atom stereocenters. The summed E-state index contributed by atoms with van der Waals surface area (Å²) >= 11 is 0. The van der Waals surface area contributed by atoms with Gasteiger partial charge in [0.25, 0.3) is 0 Å². The van der Waals surface area contributed by atoms with Crippen LogP contribution in [-0.4, -0.2) is 30.3 Å². The molecule has 0 aromatic carbocycles. The highest BCUT2D eigenvalue weighted by atomic mass is 19.1. The van der Waals surface area contributed by atoms with E-state index in [9.17, 15) is 4.39 Å². The topological polar surface area (TPSA) is 78.3 Å². The number of aromatic nitrogens is 1. The summed E-state index contributed by atoms with van der Waals surface area (Å²) in [5, 5.41) is 8.70. The van der Waals surface area contributed by atoms with Crippen LogP contribution in [0.2, 0.25) is 0 Å². The fourth-order valence-corrected chi connectivity index (χ4v) is 2.83. The second-order valence-corrected chi connectivity index (χ2v) is 5.36. The minimum absolute atomic E-state index is 0.158. The number of nitrogens with zero attached hydrogens (tertiary/aromatic N) is 4. The first-order chi connectivity index (χ1) is 10.2. The normalized spacial score (nSPS) is 19.1. The Labute approximate surface area is 122 Å². The van der Waals surface area contributed by atoms with E-state index in [-0.39, 0.29) is 5.69 Å². The third-order valence-electron chi connectivity index (χ3n) is 3.99. The molecule has 108 valence electrons. The van der Waals surface area contributed by atoms with Crippen molar-refractivity contribution >= 4 is 11.4 Å². The summed E-state index contributed by atoms with van der Waals surface area (Å²) in [6.07, 6.45) is 5.46. The van der Waals surface area contributed by atoms with Gasteiger partial charge in [-0.1, -0.05) is 0 Å². The van der Waals surface area contributed by atoms with Gasteiger partial charge in [-0.2, -0.15) is 5.26 Å². The van der Waals surface area contributed by atoms with Crippen molar-refractivity contribution in [3.8, 4) is 6.07 Å². The number of halogens is 1. The molecule has 3 heterocycles. The van der Waals surface area contributed by atoms with Crippen molar-refractivity contribution in [2.24, 2.45) is 16.6 Å². The number of hydrogen-bond donors (Lipinski definition) is 1. The first-order valence-electron chi connectivity index (χ1n) is 6.98. The summed E-state index contributed by atoms with van der Waals surface area (Å²) in [6.45, 7) is 2.26. The summed E-state index contributed by atoms with van der Waals surface area (Å²) in [5.41, 5.74) is 8.24. The first-order valence-corrected chi connectivity index (χ1v) is 6.98. The maximum Gasteiger partial charge on any atom is 0.176 e. The lowest BCUT2D eigenvalue weighted by molar-refractivity contribution is 0.502. The Hall–Kier alpha value is -2.42. The number of anilines is 1. The molecule has 1 saturated heterocycles. The third kappa shape index (κ3) is 2.72. The molecule has 0 radical (unpaired) electrons. The molecule has 5 nitrogen and oxygen atoms in total. The van der Waals surface area contributed by atoms with Gasteiger partial charge in [-0.15, -0.1) is 0 Å². The van der Waals surface area contributed by atoms with Crippen LogP contribution in [0.4, 0.5) is 10.1 Å². The monoisotopic (exact) mass is 285 g/mol. The van der Waals surface area contributed by atoms with E-state index in [2.05, 4.69) is 14.9 Å². The van der Waals surface area contributed by atoms with Crippen LogP contribution in [0.15, 0.2) is 29.0 Å². The summed E-state index contributed by atoms with van der Waals surface area (Å²) in [5.74, 6) is -0.133. The van der Waals surface area contributed by atoms with Gasteiger partial charge in [0.15, 0.2) is 11.5 Å². The number of pyridine rings is 1. The number of allylic oxidation sites excluding steroid dienone is 1. The van der Waals surface area contributed by atoms with Gasteiger partial charge in [0.05, 0.1) is 18.4 Å². The Balaban J connectivity index is 1.66. The Morgan fingerprint density at radius 2 is 2.14 bits per heavy atom. The van der Waals surface area contributed by atoms with E-state index < -0.39 is 5.82 Å². The van der Waals surface area contributed by atoms with E-state index in [1.165, 1.54) is 6.07 Å². The van der Waals surface area contributed by atoms with E-state index in [1.54, 1.807) is 12.3 Å². The van der Waals surface area contributed by atoms with Crippen molar-refractivity contribution in [3.05, 3.63) is 35.5 Å². The molecule has 1 aromatic heterocycles. The lowest BCUT2D eigenvalue weighted by Gasteiger charge is -2.33. The standard InChI is InChI=1S/C15H16FN5/c16-13-6-12(9-20-15(13)7-17)21-3-1-10(2-4-21)14-5-11(18)8-19-14/h5-6,9-10H,1-4,8,18H2. The van der Waals surface area contributed by atoms with Gasteiger partial charge in [-0.25, -0.2) is 9.37 Å². The smallest absolute Gasteiger partial charge is 0.176 e. The van der Waals surface area contributed by atoms with Crippen molar-refractivity contribution < 1.29 is 4.39 Å². The fraction of sp³-hybridized carbons (Fsp3) is 0.400. The van der Waals surface area contributed by atoms with Crippen LogP contribution in [0, 0.1) is 23.1 Å². The van der Waals surface area contributed by atoms with Gasteiger partial charge in [-0.3, -0.25) is 4.99 Å². The second kappa shape index (κ2) is 5.52. The van der Waals surface area contributed by atoms with Crippen LogP contribution in [0.25, 0.3) is 0 Å². The van der Waals surface area contributed by atoms with Gasteiger partial charge in [-0.05, 0) is 18.9 Å². The zero-order valence-electron chi connectivity index (χ0n) is 11.6. The highest BCUT2D eigenvalue weighted by Gasteiger charge is 2.24. The number of hydrogen-bond acceptors (Lipinski definition) is 5. The molecule has 21 heavy (non-hydrogen) atoms. The molecule has 0 bridgehead atoms.